The van der Waals surface area contributed by atoms with Crippen molar-refractivity contribution in [1.82, 2.24) is 15.2 Å². The van der Waals surface area contributed by atoms with Gasteiger partial charge in [0.2, 0.25) is 0 Å². The van der Waals surface area contributed by atoms with E-state index in [-0.39, 0.29) is 11.6 Å². The molecule has 0 unspecified atom stereocenters. The van der Waals surface area contributed by atoms with Gasteiger partial charge in [0.25, 0.3) is 0 Å². The summed E-state index contributed by atoms with van der Waals surface area (Å²) < 4.78 is 20.7. The third kappa shape index (κ3) is 5.32. The van der Waals surface area contributed by atoms with Crippen LogP contribution in [0.25, 0.3) is 0 Å². The molecule has 1 aromatic carbocycles. The van der Waals surface area contributed by atoms with E-state index in [0.717, 1.165) is 31.2 Å². The van der Waals surface area contributed by atoms with Crippen LogP contribution in [0.15, 0.2) is 47.7 Å². The molecule has 0 radical (unpaired) electrons. The van der Waals surface area contributed by atoms with Gasteiger partial charge in [0.1, 0.15) is 0 Å². The summed E-state index contributed by atoms with van der Waals surface area (Å²) in [7, 11) is 1.45. The van der Waals surface area contributed by atoms with E-state index >= 15 is 0 Å². The number of benzene rings is 1. The van der Waals surface area contributed by atoms with Gasteiger partial charge in [-0.15, -0.1) is 0 Å². The summed E-state index contributed by atoms with van der Waals surface area (Å²) >= 11 is 0. The molecule has 23 heavy (non-hydrogen) atoms. The Hall–Kier alpha value is -2.50. The molecular formula is C17H23FN4O. The van der Waals surface area contributed by atoms with E-state index in [1.165, 1.54) is 13.2 Å². The fourth-order valence-corrected chi connectivity index (χ4v) is 2.14. The van der Waals surface area contributed by atoms with Gasteiger partial charge in [0.15, 0.2) is 17.5 Å². The summed E-state index contributed by atoms with van der Waals surface area (Å²) in [5.41, 5.74) is 0.797. The molecule has 2 aromatic rings. The Labute approximate surface area is 136 Å². The van der Waals surface area contributed by atoms with E-state index < -0.39 is 0 Å². The molecule has 0 aliphatic heterocycles. The summed E-state index contributed by atoms with van der Waals surface area (Å²) in [6, 6.07) is 8.88. The maximum absolute atomic E-state index is 13.7. The van der Waals surface area contributed by atoms with E-state index in [4.69, 9.17) is 4.74 Å². The van der Waals surface area contributed by atoms with Gasteiger partial charge in [-0.3, -0.25) is 0 Å². The smallest absolute Gasteiger partial charge is 0.191 e. The fraction of sp³-hybridized carbons (Fsp3) is 0.353. The first-order valence-corrected chi connectivity index (χ1v) is 7.68. The van der Waals surface area contributed by atoms with Crippen molar-refractivity contribution in [2.45, 2.75) is 20.0 Å². The van der Waals surface area contributed by atoms with Crippen LogP contribution in [0.3, 0.4) is 0 Å². The number of ether oxygens (including phenoxy) is 1. The molecule has 1 aromatic heterocycles. The van der Waals surface area contributed by atoms with Crippen molar-refractivity contribution in [3.63, 3.8) is 0 Å². The maximum atomic E-state index is 13.7. The van der Waals surface area contributed by atoms with Crippen LogP contribution in [-0.2, 0) is 13.1 Å². The number of aliphatic imine (C=N–C) groups is 1. The Morgan fingerprint density at radius 3 is 2.70 bits per heavy atom. The second-order valence-corrected chi connectivity index (χ2v) is 5.01. The number of hydrogen-bond donors (Lipinski definition) is 2. The Morgan fingerprint density at radius 2 is 2.04 bits per heavy atom. The standard InChI is InChI=1S/C17H23FN4O/c1-3-19-17(20-8-11-22-9-4-5-10-22)21-13-14-6-7-16(23-2)15(18)12-14/h4-7,9-10,12H,3,8,11,13H2,1-2H3,(H2,19,20,21). The molecule has 5 nitrogen and oxygen atoms in total. The second kappa shape index (κ2) is 8.82. The van der Waals surface area contributed by atoms with Crippen LogP contribution < -0.4 is 15.4 Å². The minimum Gasteiger partial charge on any atom is -0.494 e. The van der Waals surface area contributed by atoms with Crippen LogP contribution in [0.5, 0.6) is 5.75 Å². The first kappa shape index (κ1) is 16.9. The SMILES string of the molecule is CCNC(=NCc1ccc(OC)c(F)c1)NCCn1cccc1. The van der Waals surface area contributed by atoms with Gasteiger partial charge >= 0.3 is 0 Å². The largest absolute Gasteiger partial charge is 0.494 e. The molecule has 0 fully saturated rings. The van der Waals surface area contributed by atoms with Gasteiger partial charge in [-0.2, -0.15) is 0 Å². The number of hydrogen-bond acceptors (Lipinski definition) is 2. The lowest BCUT2D eigenvalue weighted by atomic mass is 10.2. The summed E-state index contributed by atoms with van der Waals surface area (Å²) in [6.45, 7) is 4.80. The third-order valence-electron chi connectivity index (χ3n) is 3.31. The summed E-state index contributed by atoms with van der Waals surface area (Å²) in [5, 5.41) is 6.45. The van der Waals surface area contributed by atoms with E-state index in [9.17, 15) is 4.39 Å². The molecule has 0 atom stereocenters. The number of nitrogens with zero attached hydrogens (tertiary/aromatic N) is 2. The van der Waals surface area contributed by atoms with Crippen molar-refractivity contribution < 1.29 is 9.13 Å². The topological polar surface area (TPSA) is 50.6 Å². The fourth-order valence-electron chi connectivity index (χ4n) is 2.14. The summed E-state index contributed by atoms with van der Waals surface area (Å²) in [6.07, 6.45) is 4.04. The van der Waals surface area contributed by atoms with Crippen LogP contribution >= 0.6 is 0 Å². The highest BCUT2D eigenvalue weighted by Crippen LogP contribution is 2.17. The lowest BCUT2D eigenvalue weighted by Crippen LogP contribution is -2.38. The Bertz CT molecular complexity index is 626. The molecule has 0 bridgehead atoms. The molecule has 0 saturated heterocycles. The minimum atomic E-state index is -0.370. The Balaban J connectivity index is 1.90. The first-order valence-electron chi connectivity index (χ1n) is 7.68. The lowest BCUT2D eigenvalue weighted by Gasteiger charge is -2.12. The number of rotatable bonds is 7. The Morgan fingerprint density at radius 1 is 1.26 bits per heavy atom. The van der Waals surface area contributed by atoms with E-state index in [0.29, 0.717) is 6.54 Å². The number of methoxy groups -OCH3 is 1. The molecule has 0 spiro atoms. The van der Waals surface area contributed by atoms with Crippen molar-refractivity contribution >= 4 is 5.96 Å². The van der Waals surface area contributed by atoms with Crippen molar-refractivity contribution in [1.29, 1.82) is 0 Å². The molecular weight excluding hydrogens is 295 g/mol. The van der Waals surface area contributed by atoms with Gasteiger partial charge in [-0.05, 0) is 36.8 Å². The minimum absolute atomic E-state index is 0.245. The molecule has 124 valence electrons. The number of guanidine groups is 1. The molecule has 0 amide bonds. The van der Waals surface area contributed by atoms with Crippen LogP contribution in [0.4, 0.5) is 4.39 Å². The van der Waals surface area contributed by atoms with Gasteiger partial charge in [0.05, 0.1) is 13.7 Å². The van der Waals surface area contributed by atoms with E-state index in [1.807, 2.05) is 37.5 Å². The molecule has 0 aliphatic rings. The predicted octanol–water partition coefficient (Wildman–Crippen LogP) is 2.39. The maximum Gasteiger partial charge on any atom is 0.191 e. The zero-order chi connectivity index (χ0) is 16.5. The van der Waals surface area contributed by atoms with Gasteiger partial charge in [-0.1, -0.05) is 6.07 Å². The van der Waals surface area contributed by atoms with E-state index in [1.54, 1.807) is 6.07 Å². The zero-order valence-electron chi connectivity index (χ0n) is 13.6. The molecule has 0 saturated carbocycles. The average molecular weight is 318 g/mol. The molecule has 2 N–H and O–H groups in total. The lowest BCUT2D eigenvalue weighted by molar-refractivity contribution is 0.386. The number of nitrogens with one attached hydrogen (secondary N) is 2. The van der Waals surface area contributed by atoms with Gasteiger partial charge in [-0.25, -0.2) is 9.38 Å². The zero-order valence-corrected chi connectivity index (χ0v) is 13.6. The highest BCUT2D eigenvalue weighted by atomic mass is 19.1. The van der Waals surface area contributed by atoms with Crippen molar-refractivity contribution in [2.24, 2.45) is 4.99 Å². The van der Waals surface area contributed by atoms with Crippen molar-refractivity contribution in [2.75, 3.05) is 20.2 Å². The summed E-state index contributed by atoms with van der Waals surface area (Å²) in [5.74, 6) is 0.594. The van der Waals surface area contributed by atoms with Gasteiger partial charge < -0.3 is 19.9 Å². The van der Waals surface area contributed by atoms with Crippen molar-refractivity contribution in [3.8, 4) is 5.75 Å². The second-order valence-electron chi connectivity index (χ2n) is 5.01. The first-order chi connectivity index (χ1) is 11.2. The Kier molecular flexibility index (Phi) is 6.47. The molecule has 0 aliphatic carbocycles. The quantitative estimate of drug-likeness (QED) is 0.609. The van der Waals surface area contributed by atoms with E-state index in [2.05, 4.69) is 20.2 Å². The molecule has 1 heterocycles. The average Bonchev–Trinajstić information content (AvgIpc) is 3.06. The number of halogens is 1. The molecule has 2 rings (SSSR count). The third-order valence-corrected chi connectivity index (χ3v) is 3.31. The van der Waals surface area contributed by atoms with Crippen LogP contribution in [0, 0.1) is 5.82 Å². The molecule has 6 heteroatoms. The van der Waals surface area contributed by atoms with Crippen LogP contribution in [0.2, 0.25) is 0 Å². The highest BCUT2D eigenvalue weighted by Gasteiger charge is 2.03. The van der Waals surface area contributed by atoms with Gasteiger partial charge in [0, 0.05) is 32.0 Å². The monoisotopic (exact) mass is 318 g/mol. The predicted molar refractivity (Wildman–Crippen MR) is 90.2 cm³/mol. The van der Waals surface area contributed by atoms with Crippen LogP contribution in [-0.4, -0.2) is 30.7 Å². The summed E-state index contributed by atoms with van der Waals surface area (Å²) in [4.78, 5) is 4.48. The van der Waals surface area contributed by atoms with Crippen molar-refractivity contribution in [3.05, 3.63) is 54.1 Å². The number of aromatic nitrogens is 1. The van der Waals surface area contributed by atoms with Crippen LogP contribution in [0.1, 0.15) is 12.5 Å². The highest BCUT2D eigenvalue weighted by molar-refractivity contribution is 5.79. The normalized spacial score (nSPS) is 11.3.